The van der Waals surface area contributed by atoms with Gasteiger partial charge in [-0.1, -0.05) is 206 Å². The Kier molecular flexibility index (Phi) is 7.96. The quantitative estimate of drug-likeness (QED) is 0.163. The minimum atomic E-state index is -0.329. The maximum Gasteiger partial charge on any atom is 0.0546 e. The number of anilines is 3. The third kappa shape index (κ3) is 5.19. The molecular formula is C59H41N. The molecule has 1 heteroatoms. The second-order valence-electron chi connectivity index (χ2n) is 16.4. The molecule has 0 fully saturated rings. The zero-order valence-corrected chi connectivity index (χ0v) is 33.1. The summed E-state index contributed by atoms with van der Waals surface area (Å²) in [7, 11) is 0. The molecule has 0 bridgehead atoms. The van der Waals surface area contributed by atoms with Crippen LogP contribution in [0.15, 0.2) is 237 Å². The second-order valence-corrected chi connectivity index (χ2v) is 16.4. The van der Waals surface area contributed by atoms with E-state index in [0.717, 1.165) is 17.1 Å². The summed E-state index contributed by atoms with van der Waals surface area (Å²) in [4.78, 5) is 2.52. The maximum absolute atomic E-state index is 2.54. The Labute approximate surface area is 351 Å². The first-order valence-electron chi connectivity index (χ1n) is 21.1. The first kappa shape index (κ1) is 34.6. The van der Waals surface area contributed by atoms with Crippen LogP contribution in [0.1, 0.15) is 28.2 Å². The van der Waals surface area contributed by atoms with E-state index in [0.29, 0.717) is 0 Å². The van der Waals surface area contributed by atoms with E-state index in [4.69, 9.17) is 0 Å². The SMILES string of the molecule is C1=CC2c3ccc(N(c4cccc(-c5ccc(-c6ccccc6)cc5)c4)c4ccc5ccccc5c4-c4ccccc4)cc3C3(c4ccccc4-c4ccccc43)C2C=C1. The van der Waals surface area contributed by atoms with Crippen LogP contribution in [0.5, 0.6) is 0 Å². The van der Waals surface area contributed by atoms with Crippen LogP contribution in [0, 0.1) is 5.92 Å². The summed E-state index contributed by atoms with van der Waals surface area (Å²) in [6, 6.07) is 78.7. The van der Waals surface area contributed by atoms with Crippen molar-refractivity contribution >= 4 is 27.8 Å². The molecule has 12 rings (SSSR count). The molecule has 0 aliphatic heterocycles. The minimum absolute atomic E-state index is 0.258. The van der Waals surface area contributed by atoms with Crippen LogP contribution in [-0.4, -0.2) is 0 Å². The molecule has 282 valence electrons. The number of rotatable bonds is 6. The van der Waals surface area contributed by atoms with Gasteiger partial charge in [-0.3, -0.25) is 0 Å². The van der Waals surface area contributed by atoms with Crippen molar-refractivity contribution in [3.63, 3.8) is 0 Å². The molecule has 2 unspecified atom stereocenters. The molecule has 0 amide bonds. The van der Waals surface area contributed by atoms with E-state index in [2.05, 4.69) is 242 Å². The number of nitrogens with zero attached hydrogens (tertiary/aromatic N) is 1. The first-order chi connectivity index (χ1) is 29.8. The van der Waals surface area contributed by atoms with Crippen molar-refractivity contribution < 1.29 is 0 Å². The Bertz CT molecular complexity index is 3110. The van der Waals surface area contributed by atoms with Gasteiger partial charge in [0.2, 0.25) is 0 Å². The largest absolute Gasteiger partial charge is 0.310 e. The molecule has 9 aromatic carbocycles. The number of hydrogen-bond donors (Lipinski definition) is 0. The van der Waals surface area contributed by atoms with Gasteiger partial charge in [0, 0.05) is 28.8 Å². The van der Waals surface area contributed by atoms with Crippen molar-refractivity contribution in [3.8, 4) is 44.5 Å². The van der Waals surface area contributed by atoms with Crippen LogP contribution in [0.4, 0.5) is 17.1 Å². The first-order valence-corrected chi connectivity index (χ1v) is 21.1. The number of hydrogen-bond acceptors (Lipinski definition) is 1. The highest BCUT2D eigenvalue weighted by atomic mass is 15.1. The predicted molar refractivity (Wildman–Crippen MR) is 251 cm³/mol. The molecule has 60 heavy (non-hydrogen) atoms. The van der Waals surface area contributed by atoms with Crippen molar-refractivity contribution in [3.05, 3.63) is 259 Å². The van der Waals surface area contributed by atoms with Crippen molar-refractivity contribution in [2.75, 3.05) is 4.90 Å². The number of allylic oxidation sites excluding steroid dienone is 4. The highest BCUT2D eigenvalue weighted by Crippen LogP contribution is 2.65. The predicted octanol–water partition coefficient (Wildman–Crippen LogP) is 15.5. The Morgan fingerprint density at radius 3 is 1.72 bits per heavy atom. The van der Waals surface area contributed by atoms with Crippen LogP contribution in [-0.2, 0) is 5.41 Å². The fraction of sp³-hybridized carbons (Fsp3) is 0.0508. The lowest BCUT2D eigenvalue weighted by atomic mass is 9.65. The van der Waals surface area contributed by atoms with Gasteiger partial charge < -0.3 is 4.90 Å². The van der Waals surface area contributed by atoms with Crippen LogP contribution < -0.4 is 4.90 Å². The average Bonchev–Trinajstić information content (AvgIpc) is 3.79. The Balaban J connectivity index is 1.11. The highest BCUT2D eigenvalue weighted by molar-refractivity contribution is 6.05. The van der Waals surface area contributed by atoms with Crippen LogP contribution in [0.25, 0.3) is 55.3 Å². The third-order valence-electron chi connectivity index (χ3n) is 13.3. The standard InChI is InChI=1S/C59H41N/c1-3-16-40(17-4-1)41-30-32-42(33-31-41)45-21-15-22-46(38-45)60(57-37-34-43-18-7-8-23-48(43)58(57)44-19-5-2-6-20-44)47-35-36-52-51-26-11-14-29-55(51)59(56(52)39-47)53-27-12-9-24-49(53)50-25-10-13-28-54(50)59/h1-39,51,55H. The Hall–Kier alpha value is -7.48. The molecule has 0 saturated carbocycles. The van der Waals surface area contributed by atoms with Crippen LogP contribution in [0.3, 0.4) is 0 Å². The third-order valence-corrected chi connectivity index (χ3v) is 13.3. The lowest BCUT2D eigenvalue weighted by Gasteiger charge is -2.36. The molecule has 1 spiro atoms. The van der Waals surface area contributed by atoms with Crippen LogP contribution >= 0.6 is 0 Å². The van der Waals surface area contributed by atoms with Gasteiger partial charge in [-0.15, -0.1) is 0 Å². The van der Waals surface area contributed by atoms with Gasteiger partial charge in [0.25, 0.3) is 0 Å². The topological polar surface area (TPSA) is 3.24 Å². The summed E-state index contributed by atoms with van der Waals surface area (Å²) in [6.07, 6.45) is 9.42. The average molecular weight is 764 g/mol. The fourth-order valence-corrected chi connectivity index (χ4v) is 10.8. The summed E-state index contributed by atoms with van der Waals surface area (Å²) in [6.45, 7) is 0. The van der Waals surface area contributed by atoms with E-state index in [1.54, 1.807) is 0 Å². The van der Waals surface area contributed by atoms with E-state index >= 15 is 0 Å². The van der Waals surface area contributed by atoms with Gasteiger partial charge in [0.15, 0.2) is 0 Å². The summed E-state index contributed by atoms with van der Waals surface area (Å²) in [5, 5.41) is 2.46. The van der Waals surface area contributed by atoms with E-state index in [1.807, 2.05) is 0 Å². The molecule has 3 aliphatic carbocycles. The van der Waals surface area contributed by atoms with Crippen LogP contribution in [0.2, 0.25) is 0 Å². The Morgan fingerprint density at radius 2 is 0.967 bits per heavy atom. The van der Waals surface area contributed by atoms with E-state index in [1.165, 1.54) is 77.5 Å². The smallest absolute Gasteiger partial charge is 0.0546 e. The molecule has 0 radical (unpaired) electrons. The van der Waals surface area contributed by atoms with E-state index in [-0.39, 0.29) is 17.3 Å². The number of benzene rings is 9. The van der Waals surface area contributed by atoms with E-state index in [9.17, 15) is 0 Å². The monoisotopic (exact) mass is 763 g/mol. The second kappa shape index (κ2) is 13.8. The summed E-state index contributed by atoms with van der Waals surface area (Å²) < 4.78 is 0. The molecule has 0 saturated heterocycles. The van der Waals surface area contributed by atoms with Crippen molar-refractivity contribution in [1.29, 1.82) is 0 Å². The lowest BCUT2D eigenvalue weighted by Crippen LogP contribution is -2.33. The van der Waals surface area contributed by atoms with Crippen molar-refractivity contribution in [2.45, 2.75) is 11.3 Å². The number of fused-ring (bicyclic) bond motifs is 11. The zero-order valence-electron chi connectivity index (χ0n) is 33.1. The van der Waals surface area contributed by atoms with Gasteiger partial charge in [0.05, 0.1) is 11.1 Å². The van der Waals surface area contributed by atoms with E-state index < -0.39 is 0 Å². The maximum atomic E-state index is 2.54. The van der Waals surface area contributed by atoms with Gasteiger partial charge in [-0.2, -0.15) is 0 Å². The molecule has 0 heterocycles. The van der Waals surface area contributed by atoms with Crippen molar-refractivity contribution in [2.24, 2.45) is 5.92 Å². The molecular weight excluding hydrogens is 723 g/mol. The fourth-order valence-electron chi connectivity index (χ4n) is 10.8. The summed E-state index contributed by atoms with van der Waals surface area (Å²) >= 11 is 0. The molecule has 3 aliphatic rings. The molecule has 0 aromatic heterocycles. The zero-order chi connectivity index (χ0) is 39.6. The molecule has 2 atom stereocenters. The minimum Gasteiger partial charge on any atom is -0.310 e. The van der Waals surface area contributed by atoms with Gasteiger partial charge in [-0.05, 0) is 102 Å². The van der Waals surface area contributed by atoms with Gasteiger partial charge >= 0.3 is 0 Å². The van der Waals surface area contributed by atoms with Crippen molar-refractivity contribution in [1.82, 2.24) is 0 Å². The summed E-state index contributed by atoms with van der Waals surface area (Å²) in [5.41, 5.74) is 18.6. The molecule has 0 N–H and O–H groups in total. The lowest BCUT2D eigenvalue weighted by molar-refractivity contribution is 0.465. The summed E-state index contributed by atoms with van der Waals surface area (Å²) in [5.74, 6) is 0.531. The molecule has 1 nitrogen and oxygen atoms in total. The Morgan fingerprint density at radius 1 is 0.383 bits per heavy atom. The van der Waals surface area contributed by atoms with Gasteiger partial charge in [-0.25, -0.2) is 0 Å². The molecule has 9 aromatic rings. The highest BCUT2D eigenvalue weighted by Gasteiger charge is 2.57. The van der Waals surface area contributed by atoms with Gasteiger partial charge in [0.1, 0.15) is 0 Å². The normalized spacial score (nSPS) is 16.3.